The lowest BCUT2D eigenvalue weighted by molar-refractivity contribution is 0.0487. The van der Waals surface area contributed by atoms with Crippen LogP contribution in [0.3, 0.4) is 0 Å². The van der Waals surface area contributed by atoms with Gasteiger partial charge in [-0.05, 0) is 38.5 Å². The van der Waals surface area contributed by atoms with Crippen LogP contribution in [0.25, 0.3) is 0 Å². The summed E-state index contributed by atoms with van der Waals surface area (Å²) >= 11 is 0. The third kappa shape index (κ3) is 6.02. The number of amides is 1. The van der Waals surface area contributed by atoms with Crippen molar-refractivity contribution in [2.24, 2.45) is 0 Å². The Balaban J connectivity index is 2.05. The molecule has 2 aromatic carbocycles. The van der Waals surface area contributed by atoms with Crippen molar-refractivity contribution in [3.8, 4) is 5.75 Å². The van der Waals surface area contributed by atoms with E-state index in [9.17, 15) is 4.79 Å². The van der Waals surface area contributed by atoms with Crippen LogP contribution >= 0.6 is 0 Å². The maximum Gasteiger partial charge on any atom is 0.408 e. The molecular weight excluding hydrogens is 290 g/mol. The quantitative estimate of drug-likeness (QED) is 0.893. The highest BCUT2D eigenvalue weighted by Crippen LogP contribution is 2.17. The van der Waals surface area contributed by atoms with Gasteiger partial charge in [0.1, 0.15) is 18.0 Å². The standard InChI is InChI=1S/C19H23NO3/c1-19(2,3)23-18(21)20-17(15-10-6-4-7-11-15)14-22-16-12-8-5-9-13-16/h4-13,17H,14H2,1-3H3,(H,20,21). The minimum Gasteiger partial charge on any atom is -0.491 e. The smallest absolute Gasteiger partial charge is 0.408 e. The lowest BCUT2D eigenvalue weighted by Crippen LogP contribution is -2.37. The Hall–Kier alpha value is -2.49. The van der Waals surface area contributed by atoms with E-state index in [1.54, 1.807) is 0 Å². The second-order valence-corrected chi connectivity index (χ2v) is 6.23. The van der Waals surface area contributed by atoms with Crippen LogP contribution in [-0.4, -0.2) is 18.3 Å². The summed E-state index contributed by atoms with van der Waals surface area (Å²) in [7, 11) is 0. The summed E-state index contributed by atoms with van der Waals surface area (Å²) in [5.41, 5.74) is 0.431. The Morgan fingerprint density at radius 3 is 2.13 bits per heavy atom. The molecule has 23 heavy (non-hydrogen) atoms. The van der Waals surface area contributed by atoms with Crippen LogP contribution in [0.4, 0.5) is 4.79 Å². The van der Waals surface area contributed by atoms with Gasteiger partial charge >= 0.3 is 6.09 Å². The molecule has 0 bridgehead atoms. The normalized spacial score (nSPS) is 12.3. The van der Waals surface area contributed by atoms with Gasteiger partial charge in [-0.2, -0.15) is 0 Å². The molecule has 0 aliphatic rings. The summed E-state index contributed by atoms with van der Waals surface area (Å²) in [6.07, 6.45) is -0.456. The van der Waals surface area contributed by atoms with E-state index in [0.717, 1.165) is 11.3 Å². The fourth-order valence-corrected chi connectivity index (χ4v) is 2.05. The predicted molar refractivity (Wildman–Crippen MR) is 90.5 cm³/mol. The number of carbonyl (C=O) groups is 1. The molecular formula is C19H23NO3. The number of nitrogens with one attached hydrogen (secondary N) is 1. The van der Waals surface area contributed by atoms with E-state index >= 15 is 0 Å². The molecule has 1 amide bonds. The summed E-state index contributed by atoms with van der Waals surface area (Å²) in [6, 6.07) is 18.9. The van der Waals surface area contributed by atoms with Gasteiger partial charge in [0.2, 0.25) is 0 Å². The highest BCUT2D eigenvalue weighted by atomic mass is 16.6. The van der Waals surface area contributed by atoms with Crippen molar-refractivity contribution in [1.29, 1.82) is 0 Å². The SMILES string of the molecule is CC(C)(C)OC(=O)NC(COc1ccccc1)c1ccccc1. The van der Waals surface area contributed by atoms with Crippen LogP contribution in [0.5, 0.6) is 5.75 Å². The molecule has 2 aromatic rings. The topological polar surface area (TPSA) is 47.6 Å². The molecule has 122 valence electrons. The fourth-order valence-electron chi connectivity index (χ4n) is 2.05. The predicted octanol–water partition coefficient (Wildman–Crippen LogP) is 4.33. The Kier molecular flexibility index (Phi) is 5.63. The van der Waals surface area contributed by atoms with Gasteiger partial charge in [0, 0.05) is 0 Å². The third-order valence-electron chi connectivity index (χ3n) is 3.05. The average molecular weight is 313 g/mol. The maximum atomic E-state index is 12.1. The van der Waals surface area contributed by atoms with Crippen LogP contribution in [0.15, 0.2) is 60.7 Å². The summed E-state index contributed by atoms with van der Waals surface area (Å²) in [5.74, 6) is 0.763. The van der Waals surface area contributed by atoms with E-state index in [1.165, 1.54) is 0 Å². The number of rotatable bonds is 5. The van der Waals surface area contributed by atoms with E-state index in [2.05, 4.69) is 5.32 Å². The molecule has 0 fully saturated rings. The lowest BCUT2D eigenvalue weighted by Gasteiger charge is -2.24. The lowest BCUT2D eigenvalue weighted by atomic mass is 10.1. The molecule has 0 spiro atoms. The Bertz CT molecular complexity index is 606. The second-order valence-electron chi connectivity index (χ2n) is 6.23. The van der Waals surface area contributed by atoms with E-state index in [0.29, 0.717) is 6.61 Å². The summed E-state index contributed by atoms with van der Waals surface area (Å²) in [5, 5.41) is 2.87. The van der Waals surface area contributed by atoms with E-state index in [-0.39, 0.29) is 6.04 Å². The zero-order chi connectivity index (χ0) is 16.7. The van der Waals surface area contributed by atoms with Gasteiger partial charge in [-0.15, -0.1) is 0 Å². The minimum absolute atomic E-state index is 0.286. The van der Waals surface area contributed by atoms with Crippen molar-refractivity contribution in [1.82, 2.24) is 5.32 Å². The summed E-state index contributed by atoms with van der Waals surface area (Å²) < 4.78 is 11.1. The highest BCUT2D eigenvalue weighted by molar-refractivity contribution is 5.68. The van der Waals surface area contributed by atoms with Gasteiger partial charge in [0.05, 0.1) is 6.04 Å². The zero-order valence-electron chi connectivity index (χ0n) is 13.8. The van der Waals surface area contributed by atoms with Crippen LogP contribution in [0.2, 0.25) is 0 Å². The van der Waals surface area contributed by atoms with Gasteiger partial charge in [-0.1, -0.05) is 48.5 Å². The molecule has 0 aliphatic carbocycles. The maximum absolute atomic E-state index is 12.1. The van der Waals surface area contributed by atoms with Crippen molar-refractivity contribution in [2.45, 2.75) is 32.4 Å². The minimum atomic E-state index is -0.536. The summed E-state index contributed by atoms with van der Waals surface area (Å²) in [6.45, 7) is 5.84. The first-order chi connectivity index (χ1) is 10.9. The number of carbonyl (C=O) groups excluding carboxylic acids is 1. The van der Waals surface area contributed by atoms with Gasteiger partial charge in [-0.25, -0.2) is 4.79 Å². The molecule has 0 aliphatic heterocycles. The molecule has 4 heteroatoms. The van der Waals surface area contributed by atoms with Crippen molar-refractivity contribution < 1.29 is 14.3 Å². The molecule has 0 radical (unpaired) electrons. The Labute approximate surface area is 137 Å². The Morgan fingerprint density at radius 1 is 1.00 bits per heavy atom. The number of hydrogen-bond donors (Lipinski definition) is 1. The average Bonchev–Trinajstić information content (AvgIpc) is 2.51. The van der Waals surface area contributed by atoms with Crippen LogP contribution < -0.4 is 10.1 Å². The van der Waals surface area contributed by atoms with Crippen molar-refractivity contribution >= 4 is 6.09 Å². The van der Waals surface area contributed by atoms with Gasteiger partial charge in [0.25, 0.3) is 0 Å². The number of hydrogen-bond acceptors (Lipinski definition) is 3. The first-order valence-corrected chi connectivity index (χ1v) is 7.66. The van der Waals surface area contributed by atoms with Gasteiger partial charge in [-0.3, -0.25) is 0 Å². The van der Waals surface area contributed by atoms with Crippen molar-refractivity contribution in [3.63, 3.8) is 0 Å². The molecule has 0 heterocycles. The molecule has 0 saturated heterocycles. The van der Waals surface area contributed by atoms with Crippen molar-refractivity contribution in [2.75, 3.05) is 6.61 Å². The first-order valence-electron chi connectivity index (χ1n) is 7.66. The zero-order valence-corrected chi connectivity index (χ0v) is 13.8. The van der Waals surface area contributed by atoms with E-state index < -0.39 is 11.7 Å². The van der Waals surface area contributed by atoms with Crippen molar-refractivity contribution in [3.05, 3.63) is 66.2 Å². The molecule has 0 aromatic heterocycles. The monoisotopic (exact) mass is 313 g/mol. The third-order valence-corrected chi connectivity index (χ3v) is 3.05. The van der Waals surface area contributed by atoms with Gasteiger partial charge < -0.3 is 14.8 Å². The molecule has 4 nitrogen and oxygen atoms in total. The molecule has 1 N–H and O–H groups in total. The van der Waals surface area contributed by atoms with Crippen LogP contribution in [-0.2, 0) is 4.74 Å². The largest absolute Gasteiger partial charge is 0.491 e. The molecule has 2 rings (SSSR count). The highest BCUT2D eigenvalue weighted by Gasteiger charge is 2.21. The number of ether oxygens (including phenoxy) is 2. The molecule has 1 unspecified atom stereocenters. The van der Waals surface area contributed by atoms with E-state index in [4.69, 9.17) is 9.47 Å². The number of alkyl carbamates (subject to hydrolysis) is 1. The van der Waals surface area contributed by atoms with Gasteiger partial charge in [0.15, 0.2) is 0 Å². The summed E-state index contributed by atoms with van der Waals surface area (Å²) in [4.78, 5) is 12.1. The first kappa shape index (κ1) is 16.9. The molecule has 0 saturated carbocycles. The van der Waals surface area contributed by atoms with E-state index in [1.807, 2.05) is 81.4 Å². The second kappa shape index (κ2) is 7.68. The fraction of sp³-hybridized carbons (Fsp3) is 0.316. The number of para-hydroxylation sites is 1. The molecule has 1 atom stereocenters. The van der Waals surface area contributed by atoms with Crippen LogP contribution in [0, 0.1) is 0 Å². The van der Waals surface area contributed by atoms with Crippen LogP contribution in [0.1, 0.15) is 32.4 Å². The number of benzene rings is 2. The Morgan fingerprint density at radius 2 is 1.57 bits per heavy atom.